The highest BCUT2D eigenvalue weighted by Gasteiger charge is 2.54. The standard InChI is InChI=1S/C17H15ClF3N5O/c18-13-5-12(17(19,20)21)7-22-14(13)25-16-3-1-11(16)8-26(9-16)15(27)10-2-4-23-24-6-10/h2,4-7,11H,1,3,8-9H2,(H,22,25). The van der Waals surface area contributed by atoms with Gasteiger partial charge in [-0.3, -0.25) is 4.79 Å². The lowest BCUT2D eigenvalue weighted by Gasteiger charge is -2.44. The minimum absolute atomic E-state index is 0.0899. The number of rotatable bonds is 3. The van der Waals surface area contributed by atoms with Crippen LogP contribution in [-0.2, 0) is 6.18 Å². The Hall–Kier alpha value is -2.42. The second kappa shape index (κ2) is 6.33. The first-order chi connectivity index (χ1) is 12.8. The Morgan fingerprint density at radius 1 is 1.33 bits per heavy atom. The zero-order chi connectivity index (χ0) is 19.2. The number of pyridine rings is 1. The number of fused-ring (bicyclic) bond motifs is 1. The second-order valence-corrected chi connectivity index (χ2v) is 7.29. The molecule has 27 heavy (non-hydrogen) atoms. The molecule has 142 valence electrons. The van der Waals surface area contributed by atoms with Crippen LogP contribution < -0.4 is 5.32 Å². The molecule has 0 bridgehead atoms. The summed E-state index contributed by atoms with van der Waals surface area (Å²) in [7, 11) is 0. The number of amides is 1. The molecule has 1 saturated carbocycles. The Morgan fingerprint density at radius 2 is 2.15 bits per heavy atom. The van der Waals surface area contributed by atoms with Crippen molar-refractivity contribution in [3.05, 3.63) is 46.9 Å². The summed E-state index contributed by atoms with van der Waals surface area (Å²) in [4.78, 5) is 18.2. The van der Waals surface area contributed by atoms with E-state index in [-0.39, 0.29) is 22.7 Å². The van der Waals surface area contributed by atoms with Crippen LogP contribution in [0.2, 0.25) is 5.02 Å². The number of halogens is 4. The molecule has 1 saturated heterocycles. The van der Waals surface area contributed by atoms with Crippen molar-refractivity contribution in [1.82, 2.24) is 20.1 Å². The molecule has 0 aromatic carbocycles. The van der Waals surface area contributed by atoms with E-state index in [1.165, 1.54) is 12.4 Å². The monoisotopic (exact) mass is 397 g/mol. The molecular formula is C17H15ClF3N5O. The maximum atomic E-state index is 12.8. The topological polar surface area (TPSA) is 71.0 Å². The van der Waals surface area contributed by atoms with Gasteiger partial charge in [0.25, 0.3) is 5.91 Å². The molecule has 2 fully saturated rings. The van der Waals surface area contributed by atoms with E-state index in [4.69, 9.17) is 11.6 Å². The van der Waals surface area contributed by atoms with Gasteiger partial charge in [0, 0.05) is 25.2 Å². The van der Waals surface area contributed by atoms with Crippen LogP contribution in [0.1, 0.15) is 28.8 Å². The fraction of sp³-hybridized carbons (Fsp3) is 0.412. The van der Waals surface area contributed by atoms with Gasteiger partial charge < -0.3 is 10.2 Å². The highest BCUT2D eigenvalue weighted by Crippen LogP contribution is 2.47. The van der Waals surface area contributed by atoms with Crippen LogP contribution in [0.4, 0.5) is 19.0 Å². The maximum Gasteiger partial charge on any atom is 0.417 e. The van der Waals surface area contributed by atoms with Crippen molar-refractivity contribution in [2.75, 3.05) is 18.4 Å². The van der Waals surface area contributed by atoms with Crippen molar-refractivity contribution in [3.63, 3.8) is 0 Å². The molecule has 6 nitrogen and oxygen atoms in total. The van der Waals surface area contributed by atoms with Crippen LogP contribution in [-0.4, -0.2) is 44.6 Å². The summed E-state index contributed by atoms with van der Waals surface area (Å²) in [6.45, 7) is 0.990. The quantitative estimate of drug-likeness (QED) is 0.860. The van der Waals surface area contributed by atoms with E-state index >= 15 is 0 Å². The number of nitrogens with zero attached hydrogens (tertiary/aromatic N) is 4. The lowest BCUT2D eigenvalue weighted by Crippen LogP contribution is -2.53. The van der Waals surface area contributed by atoms with Crippen molar-refractivity contribution >= 4 is 23.3 Å². The average Bonchev–Trinajstić information content (AvgIpc) is 2.87. The molecular weight excluding hydrogens is 383 g/mol. The predicted molar refractivity (Wildman–Crippen MR) is 91.3 cm³/mol. The number of nitrogens with one attached hydrogen (secondary N) is 1. The number of hydrogen-bond acceptors (Lipinski definition) is 5. The number of aromatic nitrogens is 3. The Bertz CT molecular complexity index is 879. The van der Waals surface area contributed by atoms with Crippen molar-refractivity contribution < 1.29 is 18.0 Å². The van der Waals surface area contributed by atoms with Gasteiger partial charge in [0.05, 0.1) is 34.1 Å². The van der Waals surface area contributed by atoms with Crippen LogP contribution >= 0.6 is 11.6 Å². The zero-order valence-corrected chi connectivity index (χ0v) is 14.8. The van der Waals surface area contributed by atoms with Gasteiger partial charge in [0.15, 0.2) is 0 Å². The van der Waals surface area contributed by atoms with Crippen molar-refractivity contribution in [2.24, 2.45) is 5.92 Å². The number of likely N-dealkylation sites (tertiary alicyclic amines) is 1. The van der Waals surface area contributed by atoms with E-state index in [0.29, 0.717) is 18.7 Å². The first-order valence-corrected chi connectivity index (χ1v) is 8.73. The normalized spacial score (nSPS) is 24.3. The van der Waals surface area contributed by atoms with Gasteiger partial charge in [0.1, 0.15) is 5.82 Å². The van der Waals surface area contributed by atoms with Crippen LogP contribution in [0, 0.1) is 5.92 Å². The van der Waals surface area contributed by atoms with Crippen LogP contribution in [0.25, 0.3) is 0 Å². The van der Waals surface area contributed by atoms with E-state index in [1.54, 1.807) is 11.0 Å². The maximum absolute atomic E-state index is 12.8. The van der Waals surface area contributed by atoms with Gasteiger partial charge in [-0.2, -0.15) is 23.4 Å². The molecule has 2 unspecified atom stereocenters. The van der Waals surface area contributed by atoms with Gasteiger partial charge >= 0.3 is 6.18 Å². The number of alkyl halides is 3. The number of anilines is 1. The molecule has 0 radical (unpaired) electrons. The van der Waals surface area contributed by atoms with E-state index < -0.39 is 17.3 Å². The molecule has 0 spiro atoms. The van der Waals surface area contributed by atoms with Crippen molar-refractivity contribution in [3.8, 4) is 0 Å². The molecule has 1 N–H and O–H groups in total. The first-order valence-electron chi connectivity index (χ1n) is 8.35. The lowest BCUT2D eigenvalue weighted by molar-refractivity contribution is -0.137. The average molecular weight is 398 g/mol. The van der Waals surface area contributed by atoms with E-state index in [0.717, 1.165) is 25.1 Å². The summed E-state index contributed by atoms with van der Waals surface area (Å²) in [5.41, 5.74) is -0.867. The van der Waals surface area contributed by atoms with Gasteiger partial charge in [-0.15, -0.1) is 0 Å². The van der Waals surface area contributed by atoms with Gasteiger partial charge in [0.2, 0.25) is 0 Å². The third kappa shape index (κ3) is 3.20. The third-order valence-electron chi connectivity index (χ3n) is 5.29. The van der Waals surface area contributed by atoms with Gasteiger partial charge in [-0.05, 0) is 25.0 Å². The molecule has 2 aromatic rings. The predicted octanol–water partition coefficient (Wildman–Crippen LogP) is 3.26. The Labute approximate surface area is 157 Å². The fourth-order valence-corrected chi connectivity index (χ4v) is 3.94. The molecule has 1 aliphatic heterocycles. The van der Waals surface area contributed by atoms with Gasteiger partial charge in [-0.1, -0.05) is 11.6 Å². The van der Waals surface area contributed by atoms with Crippen LogP contribution in [0.5, 0.6) is 0 Å². The Morgan fingerprint density at radius 3 is 2.74 bits per heavy atom. The number of carbonyl (C=O) groups excluding carboxylic acids is 1. The van der Waals surface area contributed by atoms with Crippen LogP contribution in [0.3, 0.4) is 0 Å². The largest absolute Gasteiger partial charge is 0.417 e. The molecule has 4 rings (SSSR count). The summed E-state index contributed by atoms with van der Waals surface area (Å²) < 4.78 is 38.3. The van der Waals surface area contributed by atoms with Crippen LogP contribution in [0.15, 0.2) is 30.7 Å². The van der Waals surface area contributed by atoms with E-state index in [1.807, 2.05) is 0 Å². The molecule has 2 atom stereocenters. The Balaban J connectivity index is 1.52. The smallest absolute Gasteiger partial charge is 0.361 e. The molecule has 2 aromatic heterocycles. The number of carbonyl (C=O) groups is 1. The van der Waals surface area contributed by atoms with Crippen molar-refractivity contribution in [1.29, 1.82) is 0 Å². The summed E-state index contributed by atoms with van der Waals surface area (Å²) in [6.07, 6.45) is 0.841. The third-order valence-corrected chi connectivity index (χ3v) is 5.58. The Kier molecular flexibility index (Phi) is 4.21. The summed E-state index contributed by atoms with van der Waals surface area (Å²) in [6, 6.07) is 2.46. The second-order valence-electron chi connectivity index (χ2n) is 6.89. The number of hydrogen-bond donors (Lipinski definition) is 1. The highest BCUT2D eigenvalue weighted by atomic mass is 35.5. The molecule has 1 amide bonds. The van der Waals surface area contributed by atoms with E-state index in [9.17, 15) is 18.0 Å². The molecule has 10 heteroatoms. The zero-order valence-electron chi connectivity index (χ0n) is 14.0. The molecule has 1 aliphatic carbocycles. The minimum atomic E-state index is -4.50. The van der Waals surface area contributed by atoms with E-state index in [2.05, 4.69) is 20.5 Å². The summed E-state index contributed by atoms with van der Waals surface area (Å²) >= 11 is 6.02. The van der Waals surface area contributed by atoms with Crippen molar-refractivity contribution in [2.45, 2.75) is 24.6 Å². The summed E-state index contributed by atoms with van der Waals surface area (Å²) in [5.74, 6) is 0.248. The summed E-state index contributed by atoms with van der Waals surface area (Å²) in [5, 5.41) is 10.5. The fourth-order valence-electron chi connectivity index (χ4n) is 3.72. The molecule has 2 aliphatic rings. The SMILES string of the molecule is O=C(c1ccnnc1)N1CC2CCC2(Nc2ncc(C(F)(F)F)cc2Cl)C1. The molecule has 3 heterocycles. The lowest BCUT2D eigenvalue weighted by atomic mass is 9.69. The highest BCUT2D eigenvalue weighted by molar-refractivity contribution is 6.33. The minimum Gasteiger partial charge on any atom is -0.361 e. The van der Waals surface area contributed by atoms with Gasteiger partial charge in [-0.25, -0.2) is 4.98 Å². The first kappa shape index (κ1) is 18.0.